The van der Waals surface area contributed by atoms with Crippen molar-refractivity contribution in [3.05, 3.63) is 54.5 Å². The predicted octanol–water partition coefficient (Wildman–Crippen LogP) is 3.22. The lowest BCUT2D eigenvalue weighted by molar-refractivity contribution is 0.0940. The van der Waals surface area contributed by atoms with Crippen LogP contribution in [0.15, 0.2) is 48.8 Å². The fourth-order valence-electron chi connectivity index (χ4n) is 3.62. The van der Waals surface area contributed by atoms with Gasteiger partial charge >= 0.3 is 0 Å². The van der Waals surface area contributed by atoms with Crippen LogP contribution in [0.2, 0.25) is 0 Å². The van der Waals surface area contributed by atoms with Crippen molar-refractivity contribution in [2.24, 2.45) is 5.92 Å². The molecule has 0 atom stereocenters. The number of hydrogen-bond acceptors (Lipinski definition) is 4. The van der Waals surface area contributed by atoms with E-state index in [-0.39, 0.29) is 5.91 Å². The number of H-pyrrole nitrogens is 1. The molecule has 1 fully saturated rings. The quantitative estimate of drug-likeness (QED) is 0.729. The van der Waals surface area contributed by atoms with Crippen LogP contribution in [0, 0.1) is 5.92 Å². The Morgan fingerprint density at radius 3 is 2.89 bits per heavy atom. The van der Waals surface area contributed by atoms with E-state index in [0.717, 1.165) is 42.6 Å². The highest BCUT2D eigenvalue weighted by atomic mass is 16.5. The highest BCUT2D eigenvalue weighted by Crippen LogP contribution is 2.23. The van der Waals surface area contributed by atoms with E-state index >= 15 is 0 Å². The van der Waals surface area contributed by atoms with Gasteiger partial charge in [0.15, 0.2) is 0 Å². The van der Waals surface area contributed by atoms with Crippen molar-refractivity contribution in [2.45, 2.75) is 12.8 Å². The predicted molar refractivity (Wildman–Crippen MR) is 106 cm³/mol. The molecule has 6 nitrogen and oxygen atoms in total. The lowest BCUT2D eigenvalue weighted by Crippen LogP contribution is -2.38. The molecular formula is C21H24N4O2. The van der Waals surface area contributed by atoms with E-state index in [1.54, 1.807) is 13.3 Å². The minimum atomic E-state index is -0.0557. The van der Waals surface area contributed by atoms with Gasteiger partial charge in [-0.1, -0.05) is 0 Å². The van der Waals surface area contributed by atoms with E-state index in [1.807, 2.05) is 36.5 Å². The molecule has 0 bridgehead atoms. The number of piperidine rings is 1. The summed E-state index contributed by atoms with van der Waals surface area (Å²) in [6, 6.07) is 11.7. The first-order valence-corrected chi connectivity index (χ1v) is 9.33. The molecule has 1 aliphatic heterocycles. The highest BCUT2D eigenvalue weighted by Gasteiger charge is 2.20. The molecule has 6 heteroatoms. The van der Waals surface area contributed by atoms with Crippen molar-refractivity contribution in [1.29, 1.82) is 0 Å². The second-order valence-corrected chi connectivity index (χ2v) is 6.99. The lowest BCUT2D eigenvalue weighted by Gasteiger charge is -2.33. The third-order valence-electron chi connectivity index (χ3n) is 5.25. The number of rotatable bonds is 5. The molecule has 0 unspecified atom stereocenters. The standard InChI is InChI=1S/C21H24N4O2/c1-27-18-5-4-16-11-20(24-19(16)12-18)21(26)23-13-15-6-9-25(10-7-15)17-3-2-8-22-14-17/h2-5,8,11-12,14-15,24H,6-7,9-10,13H2,1H3,(H,23,26). The summed E-state index contributed by atoms with van der Waals surface area (Å²) < 4.78 is 5.23. The van der Waals surface area contributed by atoms with Crippen LogP contribution in [0.5, 0.6) is 5.75 Å². The highest BCUT2D eigenvalue weighted by molar-refractivity contribution is 5.98. The summed E-state index contributed by atoms with van der Waals surface area (Å²) in [5, 5.41) is 4.09. The summed E-state index contributed by atoms with van der Waals surface area (Å²) in [5.74, 6) is 1.22. The zero-order valence-corrected chi connectivity index (χ0v) is 15.4. The first kappa shape index (κ1) is 17.4. The van der Waals surface area contributed by atoms with Gasteiger partial charge in [0.25, 0.3) is 5.91 Å². The Balaban J connectivity index is 1.31. The molecule has 2 N–H and O–H groups in total. The first-order chi connectivity index (χ1) is 13.2. The molecular weight excluding hydrogens is 340 g/mol. The van der Waals surface area contributed by atoms with Crippen LogP contribution in [-0.2, 0) is 0 Å². The molecule has 3 aromatic rings. The Hall–Kier alpha value is -3.02. The van der Waals surface area contributed by atoms with E-state index < -0.39 is 0 Å². The van der Waals surface area contributed by atoms with Crippen LogP contribution in [0.3, 0.4) is 0 Å². The van der Waals surface area contributed by atoms with Gasteiger partial charge in [-0.3, -0.25) is 9.78 Å². The lowest BCUT2D eigenvalue weighted by atomic mass is 9.96. The Kier molecular flexibility index (Phi) is 4.96. The van der Waals surface area contributed by atoms with Gasteiger partial charge < -0.3 is 19.9 Å². The molecule has 27 heavy (non-hydrogen) atoms. The van der Waals surface area contributed by atoms with Crippen molar-refractivity contribution in [3.8, 4) is 5.75 Å². The molecule has 3 heterocycles. The van der Waals surface area contributed by atoms with Gasteiger partial charge in [0.2, 0.25) is 0 Å². The number of fused-ring (bicyclic) bond motifs is 1. The summed E-state index contributed by atoms with van der Waals surface area (Å²) in [4.78, 5) is 22.2. The van der Waals surface area contributed by atoms with E-state index in [4.69, 9.17) is 4.74 Å². The smallest absolute Gasteiger partial charge is 0.267 e. The number of pyridine rings is 1. The van der Waals surface area contributed by atoms with Crippen molar-refractivity contribution < 1.29 is 9.53 Å². The van der Waals surface area contributed by atoms with Crippen LogP contribution in [0.1, 0.15) is 23.3 Å². The molecule has 1 amide bonds. The van der Waals surface area contributed by atoms with Crippen LogP contribution in [0.25, 0.3) is 10.9 Å². The number of nitrogens with one attached hydrogen (secondary N) is 2. The molecule has 1 aromatic carbocycles. The van der Waals surface area contributed by atoms with Crippen LogP contribution in [-0.4, -0.2) is 42.6 Å². The van der Waals surface area contributed by atoms with Crippen molar-refractivity contribution in [2.75, 3.05) is 31.6 Å². The number of nitrogens with zero attached hydrogens (tertiary/aromatic N) is 2. The number of hydrogen-bond donors (Lipinski definition) is 2. The molecule has 2 aromatic heterocycles. The number of methoxy groups -OCH3 is 1. The maximum absolute atomic E-state index is 12.5. The molecule has 4 rings (SSSR count). The molecule has 0 spiro atoms. The van der Waals surface area contributed by atoms with Crippen molar-refractivity contribution >= 4 is 22.5 Å². The third kappa shape index (κ3) is 3.89. The van der Waals surface area contributed by atoms with E-state index in [2.05, 4.69) is 26.3 Å². The molecule has 140 valence electrons. The van der Waals surface area contributed by atoms with E-state index in [1.165, 1.54) is 5.69 Å². The number of aromatic amines is 1. The summed E-state index contributed by atoms with van der Waals surface area (Å²) in [7, 11) is 1.64. The zero-order chi connectivity index (χ0) is 18.6. The summed E-state index contributed by atoms with van der Waals surface area (Å²) in [6.07, 6.45) is 5.84. The maximum atomic E-state index is 12.5. The van der Waals surface area contributed by atoms with Gasteiger partial charge in [-0.25, -0.2) is 0 Å². The fraction of sp³-hybridized carbons (Fsp3) is 0.333. The largest absolute Gasteiger partial charge is 0.497 e. The fourth-order valence-corrected chi connectivity index (χ4v) is 3.62. The second-order valence-electron chi connectivity index (χ2n) is 6.99. The number of anilines is 1. The molecule has 1 aliphatic rings. The Morgan fingerprint density at radius 1 is 1.30 bits per heavy atom. The van der Waals surface area contributed by atoms with E-state index in [9.17, 15) is 4.79 Å². The summed E-state index contributed by atoms with van der Waals surface area (Å²) in [5.41, 5.74) is 2.67. The molecule has 0 saturated carbocycles. The minimum Gasteiger partial charge on any atom is -0.497 e. The number of aromatic nitrogens is 2. The Bertz CT molecular complexity index is 914. The number of amides is 1. The van der Waals surface area contributed by atoms with Crippen molar-refractivity contribution in [3.63, 3.8) is 0 Å². The maximum Gasteiger partial charge on any atom is 0.267 e. The normalized spacial score (nSPS) is 15.1. The molecule has 0 radical (unpaired) electrons. The number of carbonyl (C=O) groups excluding carboxylic acids is 1. The van der Waals surface area contributed by atoms with Gasteiger partial charge in [0.05, 0.1) is 19.0 Å². The van der Waals surface area contributed by atoms with Crippen LogP contribution >= 0.6 is 0 Å². The van der Waals surface area contributed by atoms with Gasteiger partial charge in [-0.2, -0.15) is 0 Å². The number of ether oxygens (including phenoxy) is 1. The van der Waals surface area contributed by atoms with Crippen LogP contribution in [0.4, 0.5) is 5.69 Å². The first-order valence-electron chi connectivity index (χ1n) is 9.33. The average Bonchev–Trinajstić information content (AvgIpc) is 3.16. The topological polar surface area (TPSA) is 70.2 Å². The zero-order valence-electron chi connectivity index (χ0n) is 15.4. The SMILES string of the molecule is COc1ccc2cc(C(=O)NCC3CCN(c4cccnc4)CC3)[nH]c2c1. The average molecular weight is 364 g/mol. The van der Waals surface area contributed by atoms with Crippen molar-refractivity contribution in [1.82, 2.24) is 15.3 Å². The Labute approximate surface area is 158 Å². The number of benzene rings is 1. The molecule has 0 aliphatic carbocycles. The van der Waals surface area contributed by atoms with Crippen LogP contribution < -0.4 is 15.0 Å². The van der Waals surface area contributed by atoms with E-state index in [0.29, 0.717) is 18.2 Å². The molecule has 1 saturated heterocycles. The summed E-state index contributed by atoms with van der Waals surface area (Å²) >= 11 is 0. The van der Waals surface area contributed by atoms with Gasteiger partial charge in [-0.05, 0) is 49.1 Å². The number of carbonyl (C=O) groups is 1. The van der Waals surface area contributed by atoms with Gasteiger partial charge in [-0.15, -0.1) is 0 Å². The van der Waals surface area contributed by atoms with Gasteiger partial charge in [0, 0.05) is 42.8 Å². The second kappa shape index (κ2) is 7.70. The van der Waals surface area contributed by atoms with Gasteiger partial charge in [0.1, 0.15) is 11.4 Å². The third-order valence-corrected chi connectivity index (χ3v) is 5.25. The Morgan fingerprint density at radius 2 is 2.15 bits per heavy atom. The minimum absolute atomic E-state index is 0.0557. The monoisotopic (exact) mass is 364 g/mol. The summed E-state index contributed by atoms with van der Waals surface area (Å²) in [6.45, 7) is 2.70.